The topological polar surface area (TPSA) is 18.5 Å². The van der Waals surface area contributed by atoms with Crippen molar-refractivity contribution < 1.29 is 13.9 Å². The number of hydrogen-bond donors (Lipinski definition) is 0. The predicted octanol–water partition coefficient (Wildman–Crippen LogP) is 3.39. The van der Waals surface area contributed by atoms with Crippen molar-refractivity contribution >= 4 is 15.9 Å². The van der Waals surface area contributed by atoms with Gasteiger partial charge in [0.25, 0.3) is 0 Å². The lowest BCUT2D eigenvalue weighted by atomic mass is 10.3. The lowest BCUT2D eigenvalue weighted by molar-refractivity contribution is 0.130. The summed E-state index contributed by atoms with van der Waals surface area (Å²) in [6.45, 7) is 3.94. The van der Waals surface area contributed by atoms with Crippen molar-refractivity contribution in [2.75, 3.05) is 19.8 Å². The lowest BCUT2D eigenvalue weighted by Crippen LogP contribution is -2.03. The highest BCUT2D eigenvalue weighted by atomic mass is 79.9. The molecule has 4 heteroatoms. The van der Waals surface area contributed by atoms with E-state index in [0.29, 0.717) is 23.4 Å². The van der Waals surface area contributed by atoms with E-state index >= 15 is 0 Å². The third-order valence-corrected chi connectivity index (χ3v) is 2.41. The largest absolute Gasteiger partial charge is 0.492 e. The zero-order chi connectivity index (χ0) is 11.1. The van der Waals surface area contributed by atoms with E-state index in [1.54, 1.807) is 6.07 Å². The van der Waals surface area contributed by atoms with Crippen molar-refractivity contribution in [2.45, 2.75) is 13.3 Å². The highest BCUT2D eigenvalue weighted by molar-refractivity contribution is 9.10. The summed E-state index contributed by atoms with van der Waals surface area (Å²) in [5.74, 6) is 0.386. The first kappa shape index (κ1) is 12.5. The molecule has 15 heavy (non-hydrogen) atoms. The fourth-order valence-corrected chi connectivity index (χ4v) is 1.55. The Morgan fingerprint density at radius 1 is 1.33 bits per heavy atom. The zero-order valence-corrected chi connectivity index (χ0v) is 10.2. The van der Waals surface area contributed by atoms with Gasteiger partial charge in [0.05, 0.1) is 11.1 Å². The van der Waals surface area contributed by atoms with Gasteiger partial charge in [-0.15, -0.1) is 0 Å². The molecular weight excluding hydrogens is 263 g/mol. The Morgan fingerprint density at radius 2 is 2.13 bits per heavy atom. The van der Waals surface area contributed by atoms with Crippen molar-refractivity contribution in [3.63, 3.8) is 0 Å². The Balaban J connectivity index is 2.31. The van der Waals surface area contributed by atoms with E-state index in [2.05, 4.69) is 15.9 Å². The Hall–Kier alpha value is -0.610. The number of ether oxygens (including phenoxy) is 2. The first-order valence-electron chi connectivity index (χ1n) is 4.89. The number of halogens is 2. The van der Waals surface area contributed by atoms with Gasteiger partial charge in [0.2, 0.25) is 0 Å². The van der Waals surface area contributed by atoms with Gasteiger partial charge in [0.1, 0.15) is 11.6 Å². The number of rotatable bonds is 6. The lowest BCUT2D eigenvalue weighted by Gasteiger charge is -2.07. The minimum absolute atomic E-state index is 0.274. The van der Waals surface area contributed by atoms with Gasteiger partial charge >= 0.3 is 0 Å². The SMILES string of the molecule is CCOCCCOc1ccc(F)cc1Br. The average molecular weight is 277 g/mol. The van der Waals surface area contributed by atoms with Crippen LogP contribution in [-0.4, -0.2) is 19.8 Å². The third-order valence-electron chi connectivity index (χ3n) is 1.79. The number of benzene rings is 1. The van der Waals surface area contributed by atoms with Crippen LogP contribution in [0.3, 0.4) is 0 Å². The maximum atomic E-state index is 12.7. The molecule has 0 amide bonds. The van der Waals surface area contributed by atoms with Gasteiger partial charge in [-0.25, -0.2) is 4.39 Å². The van der Waals surface area contributed by atoms with Crippen LogP contribution in [0.15, 0.2) is 22.7 Å². The fraction of sp³-hybridized carbons (Fsp3) is 0.455. The van der Waals surface area contributed by atoms with Crippen LogP contribution in [0.1, 0.15) is 13.3 Å². The van der Waals surface area contributed by atoms with Crippen LogP contribution in [0.2, 0.25) is 0 Å². The highest BCUT2D eigenvalue weighted by Gasteiger charge is 2.01. The molecular formula is C11H14BrFO2. The predicted molar refractivity (Wildman–Crippen MR) is 60.7 cm³/mol. The van der Waals surface area contributed by atoms with E-state index < -0.39 is 0 Å². The molecule has 0 saturated heterocycles. The minimum Gasteiger partial charge on any atom is -0.492 e. The standard InChI is InChI=1S/C11H14BrFO2/c1-2-14-6-3-7-15-11-5-4-9(13)8-10(11)12/h4-5,8H,2-3,6-7H2,1H3. The van der Waals surface area contributed by atoms with Crippen molar-refractivity contribution in [3.05, 3.63) is 28.5 Å². The van der Waals surface area contributed by atoms with Crippen molar-refractivity contribution in [1.82, 2.24) is 0 Å². The molecule has 0 aliphatic rings. The summed E-state index contributed by atoms with van der Waals surface area (Å²) in [6.07, 6.45) is 0.831. The van der Waals surface area contributed by atoms with Gasteiger partial charge in [-0.05, 0) is 41.1 Å². The quantitative estimate of drug-likeness (QED) is 0.742. The zero-order valence-electron chi connectivity index (χ0n) is 8.63. The van der Waals surface area contributed by atoms with Crippen molar-refractivity contribution in [2.24, 2.45) is 0 Å². The maximum Gasteiger partial charge on any atom is 0.133 e. The molecule has 0 spiro atoms. The molecule has 84 valence electrons. The van der Waals surface area contributed by atoms with Crippen LogP contribution in [-0.2, 0) is 4.74 Å². The molecule has 0 bridgehead atoms. The normalized spacial score (nSPS) is 10.3. The molecule has 0 radical (unpaired) electrons. The molecule has 1 aromatic carbocycles. The average Bonchev–Trinajstić information content (AvgIpc) is 2.20. The molecule has 2 nitrogen and oxygen atoms in total. The second kappa shape index (κ2) is 6.80. The van der Waals surface area contributed by atoms with Gasteiger partial charge in [-0.3, -0.25) is 0 Å². The Bertz CT molecular complexity index is 305. The van der Waals surface area contributed by atoms with E-state index in [1.165, 1.54) is 12.1 Å². The first-order chi connectivity index (χ1) is 7.24. The molecule has 0 aliphatic heterocycles. The molecule has 1 aromatic rings. The van der Waals surface area contributed by atoms with E-state index in [1.807, 2.05) is 6.92 Å². The van der Waals surface area contributed by atoms with E-state index in [0.717, 1.165) is 13.0 Å². The van der Waals surface area contributed by atoms with E-state index in [-0.39, 0.29) is 5.82 Å². The molecule has 0 heterocycles. The molecule has 0 aliphatic carbocycles. The molecule has 0 unspecified atom stereocenters. The van der Waals surface area contributed by atoms with Gasteiger partial charge in [0, 0.05) is 19.6 Å². The molecule has 0 saturated carbocycles. The molecule has 0 fully saturated rings. The monoisotopic (exact) mass is 276 g/mol. The summed E-state index contributed by atoms with van der Waals surface area (Å²) in [4.78, 5) is 0. The Morgan fingerprint density at radius 3 is 2.80 bits per heavy atom. The van der Waals surface area contributed by atoms with Crippen LogP contribution in [0.5, 0.6) is 5.75 Å². The summed E-state index contributed by atoms with van der Waals surface area (Å²) in [5, 5.41) is 0. The summed E-state index contributed by atoms with van der Waals surface area (Å²) in [5.41, 5.74) is 0. The molecule has 0 N–H and O–H groups in total. The van der Waals surface area contributed by atoms with Crippen LogP contribution < -0.4 is 4.74 Å². The Labute approximate surface area is 97.5 Å². The number of hydrogen-bond acceptors (Lipinski definition) is 2. The van der Waals surface area contributed by atoms with E-state index in [9.17, 15) is 4.39 Å². The highest BCUT2D eigenvalue weighted by Crippen LogP contribution is 2.25. The third kappa shape index (κ3) is 4.62. The van der Waals surface area contributed by atoms with Crippen LogP contribution in [0.25, 0.3) is 0 Å². The fourth-order valence-electron chi connectivity index (χ4n) is 1.08. The molecule has 0 atom stereocenters. The summed E-state index contributed by atoms with van der Waals surface area (Å²) in [6, 6.07) is 4.38. The Kier molecular flexibility index (Phi) is 5.65. The first-order valence-corrected chi connectivity index (χ1v) is 5.69. The summed E-state index contributed by atoms with van der Waals surface area (Å²) < 4.78 is 24.0. The smallest absolute Gasteiger partial charge is 0.133 e. The maximum absolute atomic E-state index is 12.7. The van der Waals surface area contributed by atoms with Crippen LogP contribution in [0, 0.1) is 5.82 Å². The van der Waals surface area contributed by atoms with Crippen LogP contribution in [0.4, 0.5) is 4.39 Å². The summed E-state index contributed by atoms with van der Waals surface area (Å²) in [7, 11) is 0. The van der Waals surface area contributed by atoms with Gasteiger partial charge in [-0.1, -0.05) is 0 Å². The van der Waals surface area contributed by atoms with Gasteiger partial charge < -0.3 is 9.47 Å². The summed E-state index contributed by atoms with van der Waals surface area (Å²) >= 11 is 3.23. The van der Waals surface area contributed by atoms with E-state index in [4.69, 9.17) is 9.47 Å². The molecule has 0 aromatic heterocycles. The van der Waals surface area contributed by atoms with Gasteiger partial charge in [0.15, 0.2) is 0 Å². The second-order valence-electron chi connectivity index (χ2n) is 2.97. The second-order valence-corrected chi connectivity index (χ2v) is 3.83. The van der Waals surface area contributed by atoms with Crippen LogP contribution >= 0.6 is 15.9 Å². The van der Waals surface area contributed by atoms with Crippen molar-refractivity contribution in [3.8, 4) is 5.75 Å². The minimum atomic E-state index is -0.274. The molecule has 1 rings (SSSR count). The van der Waals surface area contributed by atoms with Gasteiger partial charge in [-0.2, -0.15) is 0 Å². The van der Waals surface area contributed by atoms with Crippen molar-refractivity contribution in [1.29, 1.82) is 0 Å².